The molecule has 0 spiro atoms. The number of rotatable bonds is 8. The van der Waals surface area contributed by atoms with Gasteiger partial charge in [-0.1, -0.05) is 60.6 Å². The molecule has 0 saturated carbocycles. The highest BCUT2D eigenvalue weighted by Crippen LogP contribution is 2.18. The van der Waals surface area contributed by atoms with Gasteiger partial charge in [0.2, 0.25) is 5.91 Å². The largest absolute Gasteiger partial charge is 0.390 e. The molecule has 7 heteroatoms. The van der Waals surface area contributed by atoms with Gasteiger partial charge in [-0.05, 0) is 23.4 Å². The third kappa shape index (κ3) is 6.35. The molecule has 29 heavy (non-hydrogen) atoms. The van der Waals surface area contributed by atoms with E-state index in [1.165, 1.54) is 0 Å². The molecule has 1 aliphatic rings. The summed E-state index contributed by atoms with van der Waals surface area (Å²) in [6.07, 6.45) is 0.929. The van der Waals surface area contributed by atoms with E-state index < -0.39 is 6.04 Å². The lowest BCUT2D eigenvalue weighted by molar-refractivity contribution is -0.123. The molecule has 6 nitrogen and oxygen atoms in total. The van der Waals surface area contributed by atoms with Crippen LogP contribution in [0.5, 0.6) is 0 Å². The van der Waals surface area contributed by atoms with Gasteiger partial charge in [0.15, 0.2) is 6.10 Å². The molecule has 0 aliphatic carbocycles. The Morgan fingerprint density at radius 3 is 2.52 bits per heavy atom. The summed E-state index contributed by atoms with van der Waals surface area (Å²) >= 11 is 1.65. The van der Waals surface area contributed by atoms with E-state index >= 15 is 0 Å². The van der Waals surface area contributed by atoms with Gasteiger partial charge in [-0.2, -0.15) is 0 Å². The highest BCUT2D eigenvalue weighted by atomic mass is 32.2. The second kappa shape index (κ2) is 10.7. The van der Waals surface area contributed by atoms with Crippen molar-refractivity contribution < 1.29 is 14.4 Å². The Morgan fingerprint density at radius 2 is 1.83 bits per heavy atom. The molecule has 0 radical (unpaired) electrons. The van der Waals surface area contributed by atoms with E-state index in [-0.39, 0.29) is 17.9 Å². The van der Waals surface area contributed by atoms with E-state index in [0.717, 1.165) is 16.4 Å². The maximum absolute atomic E-state index is 12.9. The number of nitrogens with one attached hydrogen (secondary N) is 2. The average Bonchev–Trinajstić information content (AvgIpc) is 3.20. The van der Waals surface area contributed by atoms with E-state index in [0.29, 0.717) is 24.9 Å². The van der Waals surface area contributed by atoms with E-state index in [4.69, 9.17) is 4.84 Å². The summed E-state index contributed by atoms with van der Waals surface area (Å²) in [6.45, 7) is 2.41. The van der Waals surface area contributed by atoms with Crippen molar-refractivity contribution in [2.45, 2.75) is 31.9 Å². The average molecular weight is 412 g/mol. The number of benzene rings is 2. The first-order valence-electron chi connectivity index (χ1n) is 9.68. The normalized spacial score (nSPS) is 16.4. The third-order valence-corrected chi connectivity index (χ3v) is 5.32. The lowest BCUT2D eigenvalue weighted by Gasteiger charge is -2.19. The molecule has 2 aromatic rings. The van der Waals surface area contributed by atoms with Crippen molar-refractivity contribution in [3.05, 3.63) is 71.8 Å². The quantitative estimate of drug-likeness (QED) is 0.700. The molecule has 1 heterocycles. The monoisotopic (exact) mass is 411 g/mol. The van der Waals surface area contributed by atoms with Crippen LogP contribution < -0.4 is 10.6 Å². The van der Waals surface area contributed by atoms with Gasteiger partial charge in [-0.25, -0.2) is 0 Å². The van der Waals surface area contributed by atoms with Gasteiger partial charge >= 0.3 is 0 Å². The number of hydrogen-bond donors (Lipinski definition) is 2. The van der Waals surface area contributed by atoms with Gasteiger partial charge in [0.05, 0.1) is 6.54 Å². The van der Waals surface area contributed by atoms with Gasteiger partial charge in [-0.15, -0.1) is 11.8 Å². The van der Waals surface area contributed by atoms with Crippen LogP contribution in [0.25, 0.3) is 0 Å². The van der Waals surface area contributed by atoms with Crippen LogP contribution in [-0.2, 0) is 16.1 Å². The minimum Gasteiger partial charge on any atom is -0.390 e. The summed E-state index contributed by atoms with van der Waals surface area (Å²) < 4.78 is 0. The molecule has 2 atom stereocenters. The van der Waals surface area contributed by atoms with Gasteiger partial charge in [-0.3, -0.25) is 9.59 Å². The maximum atomic E-state index is 12.9. The number of carbonyl (C=O) groups excluding carboxylic acids is 2. The molecule has 152 valence electrons. The van der Waals surface area contributed by atoms with Gasteiger partial charge in [0.25, 0.3) is 5.91 Å². The lowest BCUT2D eigenvalue weighted by Crippen LogP contribution is -2.49. The third-order valence-electron chi connectivity index (χ3n) is 4.46. The molecular formula is C22H25N3O3S. The SMILES string of the molecule is CCSC1=NOC(CNC(=O)[C@H](Cc2ccccc2)NC(=O)c2ccccc2)C1. The van der Waals surface area contributed by atoms with Gasteiger partial charge in [0, 0.05) is 18.4 Å². The Morgan fingerprint density at radius 1 is 1.14 bits per heavy atom. The minimum atomic E-state index is -0.683. The maximum Gasteiger partial charge on any atom is 0.251 e. The number of nitrogens with zero attached hydrogens (tertiary/aromatic N) is 1. The smallest absolute Gasteiger partial charge is 0.251 e. The Labute approximate surface area is 175 Å². The first kappa shape index (κ1) is 20.9. The lowest BCUT2D eigenvalue weighted by atomic mass is 10.0. The number of amides is 2. The van der Waals surface area contributed by atoms with Crippen LogP contribution in [-0.4, -0.2) is 41.3 Å². The van der Waals surface area contributed by atoms with Crippen molar-refractivity contribution >= 4 is 28.6 Å². The second-order valence-corrected chi connectivity index (χ2v) is 8.01. The van der Waals surface area contributed by atoms with Crippen molar-refractivity contribution in [3.8, 4) is 0 Å². The Balaban J connectivity index is 1.61. The summed E-state index contributed by atoms with van der Waals surface area (Å²) in [5.41, 5.74) is 1.50. The summed E-state index contributed by atoms with van der Waals surface area (Å²) in [6, 6.07) is 17.8. The molecule has 2 N–H and O–H groups in total. The molecular weight excluding hydrogens is 386 g/mol. The summed E-state index contributed by atoms with van der Waals surface area (Å²) in [5, 5.41) is 10.8. The first-order chi connectivity index (χ1) is 14.2. The summed E-state index contributed by atoms with van der Waals surface area (Å²) in [5.74, 6) is 0.424. The van der Waals surface area contributed by atoms with Crippen molar-refractivity contribution in [1.82, 2.24) is 10.6 Å². The molecule has 1 aliphatic heterocycles. The zero-order chi connectivity index (χ0) is 20.5. The van der Waals surface area contributed by atoms with E-state index in [1.807, 2.05) is 36.4 Å². The van der Waals surface area contributed by atoms with Crippen molar-refractivity contribution in [2.24, 2.45) is 5.16 Å². The highest BCUT2D eigenvalue weighted by molar-refractivity contribution is 8.13. The second-order valence-electron chi connectivity index (χ2n) is 6.68. The molecule has 1 unspecified atom stereocenters. The molecule has 0 fully saturated rings. The number of thioether (sulfide) groups is 1. The van der Waals surface area contributed by atoms with Gasteiger partial charge in [0.1, 0.15) is 11.1 Å². The van der Waals surface area contributed by atoms with Gasteiger partial charge < -0.3 is 15.5 Å². The Bertz CT molecular complexity index is 843. The fourth-order valence-electron chi connectivity index (χ4n) is 2.99. The number of hydrogen-bond acceptors (Lipinski definition) is 5. The molecule has 0 bridgehead atoms. The van der Waals surface area contributed by atoms with Crippen LogP contribution in [0.15, 0.2) is 65.8 Å². The zero-order valence-electron chi connectivity index (χ0n) is 16.3. The summed E-state index contributed by atoms with van der Waals surface area (Å²) in [7, 11) is 0. The van der Waals surface area contributed by atoms with Crippen molar-refractivity contribution in [3.63, 3.8) is 0 Å². The fraction of sp³-hybridized carbons (Fsp3) is 0.318. The standard InChI is InChI=1S/C22H25N3O3S/c1-2-29-20-14-18(28-25-20)15-23-22(27)19(13-16-9-5-3-6-10-16)24-21(26)17-11-7-4-8-12-17/h3-12,18-19H,2,13-15H2,1H3,(H,23,27)(H,24,26)/t18?,19-/m0/s1. The number of carbonyl (C=O) groups is 2. The molecule has 0 saturated heterocycles. The predicted molar refractivity (Wildman–Crippen MR) is 116 cm³/mol. The fourth-order valence-corrected chi connectivity index (χ4v) is 3.72. The van der Waals surface area contributed by atoms with Crippen LogP contribution in [0.4, 0.5) is 0 Å². The van der Waals surface area contributed by atoms with Crippen LogP contribution in [0.1, 0.15) is 29.3 Å². The minimum absolute atomic E-state index is 0.171. The van der Waals surface area contributed by atoms with E-state index in [1.54, 1.807) is 36.0 Å². The molecule has 2 amide bonds. The van der Waals surface area contributed by atoms with Crippen LogP contribution in [0, 0.1) is 0 Å². The number of oxime groups is 1. The van der Waals surface area contributed by atoms with Crippen LogP contribution in [0.3, 0.4) is 0 Å². The first-order valence-corrected chi connectivity index (χ1v) is 10.7. The van der Waals surface area contributed by atoms with E-state index in [2.05, 4.69) is 22.7 Å². The zero-order valence-corrected chi connectivity index (χ0v) is 17.2. The summed E-state index contributed by atoms with van der Waals surface area (Å²) in [4.78, 5) is 30.8. The van der Waals surface area contributed by atoms with Crippen molar-refractivity contribution in [2.75, 3.05) is 12.3 Å². The topological polar surface area (TPSA) is 79.8 Å². The van der Waals surface area contributed by atoms with Crippen LogP contribution in [0.2, 0.25) is 0 Å². The molecule has 0 aromatic heterocycles. The van der Waals surface area contributed by atoms with E-state index in [9.17, 15) is 9.59 Å². The van der Waals surface area contributed by atoms with Crippen molar-refractivity contribution in [1.29, 1.82) is 0 Å². The van der Waals surface area contributed by atoms with Crippen LogP contribution >= 0.6 is 11.8 Å². The highest BCUT2D eigenvalue weighted by Gasteiger charge is 2.25. The molecule has 3 rings (SSSR count). The Hall–Kier alpha value is -2.80. The Kier molecular flexibility index (Phi) is 7.69. The molecule has 2 aromatic carbocycles. The predicted octanol–water partition coefficient (Wildman–Crippen LogP) is 3.00.